The molecule has 2 aromatic rings. The molecule has 33 heavy (non-hydrogen) atoms. The average molecular weight is 482 g/mol. The van der Waals surface area contributed by atoms with E-state index in [2.05, 4.69) is 4.40 Å². The summed E-state index contributed by atoms with van der Waals surface area (Å²) in [6, 6.07) is 10.9. The fourth-order valence-electron chi connectivity index (χ4n) is 3.89. The minimum Gasteiger partial charge on any atom is -0.385 e. The van der Waals surface area contributed by atoms with E-state index in [4.69, 9.17) is 10.6 Å². The van der Waals surface area contributed by atoms with E-state index < -0.39 is 38.7 Å². The molecule has 0 unspecified atom stereocenters. The van der Waals surface area contributed by atoms with Crippen LogP contribution in [0.25, 0.3) is 0 Å². The summed E-state index contributed by atoms with van der Waals surface area (Å²) in [5, 5.41) is 1.28. The van der Waals surface area contributed by atoms with Crippen molar-refractivity contribution in [2.24, 2.45) is 10.1 Å². The van der Waals surface area contributed by atoms with Gasteiger partial charge in [-0.2, -0.15) is 26.7 Å². The first kappa shape index (κ1) is 23.1. The standard InChI is InChI=1S/C21H21F3N4O4S/c22-21(23,24)15-6-9-17(10-7-15)33(30,31)26-19(25)18-11-8-16-12-27(18)20(29)28(16)32-13-14-4-2-1-3-5-14/h1-7,9-10,16,18H,8,11-13H2,(H2,25,26)/t16-,18+/m1/s1. The molecule has 2 N–H and O–H groups in total. The summed E-state index contributed by atoms with van der Waals surface area (Å²) < 4.78 is 66.9. The molecule has 0 aliphatic carbocycles. The number of rotatable bonds is 6. The monoisotopic (exact) mass is 482 g/mol. The van der Waals surface area contributed by atoms with Crippen molar-refractivity contribution < 1.29 is 31.2 Å². The molecule has 2 bridgehead atoms. The number of benzene rings is 2. The Bertz CT molecular complexity index is 1150. The van der Waals surface area contributed by atoms with Crippen LogP contribution in [0.2, 0.25) is 0 Å². The van der Waals surface area contributed by atoms with Crippen LogP contribution in [0.1, 0.15) is 24.0 Å². The van der Waals surface area contributed by atoms with Crippen molar-refractivity contribution in [3.63, 3.8) is 0 Å². The second kappa shape index (κ2) is 8.67. The topological polar surface area (TPSA) is 105 Å². The molecule has 4 rings (SSSR count). The van der Waals surface area contributed by atoms with Crippen LogP contribution in [-0.4, -0.2) is 48.9 Å². The van der Waals surface area contributed by atoms with Gasteiger partial charge in [0.15, 0.2) is 0 Å². The fourth-order valence-corrected chi connectivity index (χ4v) is 4.88. The Morgan fingerprint density at radius 3 is 2.39 bits per heavy atom. The average Bonchev–Trinajstić information content (AvgIpc) is 3.01. The van der Waals surface area contributed by atoms with Gasteiger partial charge in [-0.05, 0) is 42.7 Å². The molecule has 8 nitrogen and oxygen atoms in total. The number of urea groups is 1. The highest BCUT2D eigenvalue weighted by Gasteiger charge is 2.47. The second-order valence-corrected chi connectivity index (χ2v) is 9.38. The Kier molecular flexibility index (Phi) is 6.06. The van der Waals surface area contributed by atoms with Gasteiger partial charge in [0.05, 0.1) is 22.5 Å². The van der Waals surface area contributed by atoms with Crippen LogP contribution in [0.4, 0.5) is 18.0 Å². The molecule has 2 fully saturated rings. The summed E-state index contributed by atoms with van der Waals surface area (Å²) in [6.07, 6.45) is -3.69. The Morgan fingerprint density at radius 2 is 1.76 bits per heavy atom. The predicted octanol–water partition coefficient (Wildman–Crippen LogP) is 3.15. The van der Waals surface area contributed by atoms with Gasteiger partial charge in [-0.25, -0.2) is 4.79 Å². The van der Waals surface area contributed by atoms with Gasteiger partial charge in [-0.1, -0.05) is 30.3 Å². The Labute approximate surface area is 188 Å². The molecule has 2 saturated heterocycles. The van der Waals surface area contributed by atoms with E-state index in [0.717, 1.165) is 17.7 Å². The lowest BCUT2D eigenvalue weighted by atomic mass is 10.0. The number of piperidine rings is 1. The van der Waals surface area contributed by atoms with Crippen molar-refractivity contribution in [3.8, 4) is 0 Å². The summed E-state index contributed by atoms with van der Waals surface area (Å²) in [4.78, 5) is 19.5. The van der Waals surface area contributed by atoms with Crippen molar-refractivity contribution in [1.82, 2.24) is 9.96 Å². The van der Waals surface area contributed by atoms with Gasteiger partial charge in [0.25, 0.3) is 10.0 Å². The number of hydrogen-bond acceptors (Lipinski definition) is 4. The van der Waals surface area contributed by atoms with Gasteiger partial charge in [-0.3, -0.25) is 4.84 Å². The quantitative estimate of drug-likeness (QED) is 0.503. The third kappa shape index (κ3) is 4.81. The molecule has 2 amide bonds. The van der Waals surface area contributed by atoms with Crippen LogP contribution in [0.15, 0.2) is 63.9 Å². The first-order chi connectivity index (χ1) is 15.6. The van der Waals surface area contributed by atoms with Crippen LogP contribution in [0.5, 0.6) is 0 Å². The lowest BCUT2D eigenvalue weighted by Crippen LogP contribution is -2.48. The smallest absolute Gasteiger partial charge is 0.385 e. The maximum Gasteiger partial charge on any atom is 0.416 e. The van der Waals surface area contributed by atoms with E-state index in [-0.39, 0.29) is 18.5 Å². The zero-order valence-electron chi connectivity index (χ0n) is 17.3. The molecule has 0 spiro atoms. The van der Waals surface area contributed by atoms with Crippen LogP contribution in [0, 0.1) is 0 Å². The molecule has 2 aromatic carbocycles. The number of halogens is 3. The number of hydrogen-bond donors (Lipinski definition) is 1. The number of carbonyl (C=O) groups is 1. The van der Waals surface area contributed by atoms with Crippen LogP contribution in [-0.2, 0) is 27.6 Å². The number of amides is 2. The van der Waals surface area contributed by atoms with Crippen molar-refractivity contribution in [1.29, 1.82) is 0 Å². The van der Waals surface area contributed by atoms with Crippen molar-refractivity contribution in [3.05, 3.63) is 65.7 Å². The number of alkyl halides is 3. The second-order valence-electron chi connectivity index (χ2n) is 7.78. The number of nitrogens with zero attached hydrogens (tertiary/aromatic N) is 3. The van der Waals surface area contributed by atoms with Gasteiger partial charge in [0.1, 0.15) is 12.4 Å². The van der Waals surface area contributed by atoms with Gasteiger partial charge in [0, 0.05) is 6.54 Å². The van der Waals surface area contributed by atoms with E-state index >= 15 is 0 Å². The Balaban J connectivity index is 1.47. The van der Waals surface area contributed by atoms with Crippen molar-refractivity contribution in [2.45, 2.75) is 42.6 Å². The molecule has 2 aliphatic rings. The normalized spacial score (nSPS) is 21.5. The number of hydroxylamine groups is 2. The third-order valence-corrected chi connectivity index (χ3v) is 6.90. The SMILES string of the molecule is N/C(=N\S(=O)(=O)c1ccc(C(F)(F)F)cc1)[C@@H]1CC[C@@H]2CN1C(=O)N2OCc1ccccc1. The van der Waals surface area contributed by atoms with Gasteiger partial charge in [0.2, 0.25) is 0 Å². The Hall–Kier alpha value is -3.12. The van der Waals surface area contributed by atoms with Crippen LogP contribution < -0.4 is 5.73 Å². The first-order valence-corrected chi connectivity index (χ1v) is 11.5. The minimum absolute atomic E-state index is 0.197. The van der Waals surface area contributed by atoms with E-state index in [1.165, 1.54) is 9.96 Å². The van der Waals surface area contributed by atoms with E-state index in [9.17, 15) is 26.4 Å². The van der Waals surface area contributed by atoms with Gasteiger partial charge >= 0.3 is 12.2 Å². The number of carbonyl (C=O) groups excluding carboxylic acids is 1. The maximum absolute atomic E-state index is 12.9. The lowest BCUT2D eigenvalue weighted by molar-refractivity contribution is -0.140. The maximum atomic E-state index is 12.9. The van der Waals surface area contributed by atoms with Crippen molar-refractivity contribution >= 4 is 21.9 Å². The fraction of sp³-hybridized carbons (Fsp3) is 0.333. The number of fused-ring (bicyclic) bond motifs is 2. The lowest BCUT2D eigenvalue weighted by Gasteiger charge is -2.29. The highest BCUT2D eigenvalue weighted by Crippen LogP contribution is 2.32. The molecule has 2 atom stereocenters. The van der Waals surface area contributed by atoms with E-state index in [1.807, 2.05) is 30.3 Å². The van der Waals surface area contributed by atoms with E-state index in [1.54, 1.807) is 0 Å². The summed E-state index contributed by atoms with van der Waals surface area (Å²) in [6.45, 7) is 0.502. The number of nitrogens with two attached hydrogens (primary N) is 1. The number of sulfonamides is 1. The predicted molar refractivity (Wildman–Crippen MR) is 112 cm³/mol. The third-order valence-electron chi connectivity index (χ3n) is 5.58. The minimum atomic E-state index is -4.59. The molecule has 12 heteroatoms. The molecular weight excluding hydrogens is 461 g/mol. The van der Waals surface area contributed by atoms with E-state index in [0.29, 0.717) is 31.5 Å². The summed E-state index contributed by atoms with van der Waals surface area (Å²) in [5.41, 5.74) is 5.88. The van der Waals surface area contributed by atoms with Crippen LogP contribution in [0.3, 0.4) is 0 Å². The first-order valence-electron chi connectivity index (χ1n) is 10.1. The summed E-state index contributed by atoms with van der Waals surface area (Å²) >= 11 is 0. The molecule has 176 valence electrons. The largest absolute Gasteiger partial charge is 0.416 e. The summed E-state index contributed by atoms with van der Waals surface area (Å²) in [7, 11) is -4.35. The highest BCUT2D eigenvalue weighted by molar-refractivity contribution is 7.90. The molecule has 2 aliphatic heterocycles. The van der Waals surface area contributed by atoms with Gasteiger partial charge in [-0.15, -0.1) is 4.40 Å². The molecule has 2 heterocycles. The van der Waals surface area contributed by atoms with Crippen LogP contribution >= 0.6 is 0 Å². The van der Waals surface area contributed by atoms with Crippen molar-refractivity contribution in [2.75, 3.05) is 6.54 Å². The highest BCUT2D eigenvalue weighted by atomic mass is 32.2. The Morgan fingerprint density at radius 1 is 1.09 bits per heavy atom. The number of amidine groups is 1. The molecular formula is C21H21F3N4O4S. The zero-order chi connectivity index (χ0) is 23.8. The molecule has 0 saturated carbocycles. The van der Waals surface area contributed by atoms with Gasteiger partial charge < -0.3 is 10.6 Å². The zero-order valence-corrected chi connectivity index (χ0v) is 18.1. The summed E-state index contributed by atoms with van der Waals surface area (Å²) in [5.74, 6) is -0.299. The molecule has 0 radical (unpaired) electrons. The molecule has 0 aromatic heterocycles.